The van der Waals surface area contributed by atoms with Gasteiger partial charge in [-0.1, -0.05) is 11.9 Å². The van der Waals surface area contributed by atoms with E-state index in [0.717, 1.165) is 29.9 Å². The lowest BCUT2D eigenvalue weighted by Gasteiger charge is -2.28. The summed E-state index contributed by atoms with van der Waals surface area (Å²) in [7, 11) is 0. The largest absolute Gasteiger partial charge is 0.416 e. The lowest BCUT2D eigenvalue weighted by Crippen LogP contribution is -2.28. The van der Waals surface area contributed by atoms with Gasteiger partial charge in [-0.15, -0.1) is 0 Å². The van der Waals surface area contributed by atoms with Crippen LogP contribution in [0.3, 0.4) is 0 Å². The maximum absolute atomic E-state index is 13.0. The van der Waals surface area contributed by atoms with E-state index in [1.165, 1.54) is 18.0 Å². The van der Waals surface area contributed by atoms with Crippen LogP contribution in [0.15, 0.2) is 18.2 Å². The molecule has 0 amide bonds. The molecule has 4 N–H and O–H groups in total. The van der Waals surface area contributed by atoms with Crippen molar-refractivity contribution in [1.82, 2.24) is 14.3 Å². The topological polar surface area (TPSA) is 87.3 Å². The molecule has 0 saturated heterocycles. The van der Waals surface area contributed by atoms with Gasteiger partial charge in [0.25, 0.3) is 0 Å². The smallest absolute Gasteiger partial charge is 0.399 e. The van der Waals surface area contributed by atoms with Crippen molar-refractivity contribution in [2.45, 2.75) is 25.7 Å². The number of nitrogens with two attached hydrogens (primary N) is 1. The average molecular weight is 434 g/mol. The van der Waals surface area contributed by atoms with Crippen molar-refractivity contribution in [2.75, 3.05) is 30.0 Å². The van der Waals surface area contributed by atoms with E-state index in [9.17, 15) is 13.2 Å². The number of rotatable bonds is 6. The highest BCUT2D eigenvalue weighted by molar-refractivity contribution is 7.97. The summed E-state index contributed by atoms with van der Waals surface area (Å²) < 4.78 is 41.1. The fourth-order valence-corrected chi connectivity index (χ4v) is 3.92. The van der Waals surface area contributed by atoms with Crippen molar-refractivity contribution in [3.05, 3.63) is 45.9 Å². The summed E-state index contributed by atoms with van der Waals surface area (Å²) in [5.74, 6) is 1.07. The molecule has 0 atom stereocenters. The van der Waals surface area contributed by atoms with Crippen LogP contribution >= 0.6 is 23.5 Å². The van der Waals surface area contributed by atoms with Crippen LogP contribution in [0.25, 0.3) is 0 Å². The minimum atomic E-state index is -4.47. The number of anilines is 2. The van der Waals surface area contributed by atoms with Gasteiger partial charge in [0.15, 0.2) is 0 Å². The molecular weight excluding hydrogens is 415 g/mol. The highest BCUT2D eigenvalue weighted by atomic mass is 35.5. The first kappa shape index (κ1) is 21.0. The highest BCUT2D eigenvalue weighted by Crippen LogP contribution is 2.32. The molecular formula is C17H19ClF3N5OS. The number of benzene rings is 1. The van der Waals surface area contributed by atoms with Crippen LogP contribution in [0.2, 0.25) is 5.28 Å². The van der Waals surface area contributed by atoms with Gasteiger partial charge < -0.3 is 16.2 Å². The second kappa shape index (κ2) is 8.73. The van der Waals surface area contributed by atoms with Crippen LogP contribution in [0.4, 0.5) is 24.7 Å². The molecule has 0 radical (unpaired) electrons. The Morgan fingerprint density at radius 3 is 2.79 bits per heavy atom. The van der Waals surface area contributed by atoms with Crippen molar-refractivity contribution >= 4 is 35.1 Å². The van der Waals surface area contributed by atoms with Crippen LogP contribution in [0, 0.1) is 0 Å². The van der Waals surface area contributed by atoms with Gasteiger partial charge in [-0.25, -0.2) is 14.3 Å². The maximum Gasteiger partial charge on any atom is 0.416 e. The summed E-state index contributed by atoms with van der Waals surface area (Å²) in [6.45, 7) is 1.49. The number of nitrogens with one attached hydrogen (secondary N) is 1. The van der Waals surface area contributed by atoms with Gasteiger partial charge in [0.2, 0.25) is 5.28 Å². The van der Waals surface area contributed by atoms with E-state index in [0.29, 0.717) is 30.1 Å². The zero-order valence-corrected chi connectivity index (χ0v) is 16.3. The first-order valence-electron chi connectivity index (χ1n) is 8.51. The zero-order chi connectivity index (χ0) is 20.3. The number of fused-ring (bicyclic) bond motifs is 1. The summed E-state index contributed by atoms with van der Waals surface area (Å²) in [6, 6.07) is 3.45. The first-order chi connectivity index (χ1) is 13.3. The van der Waals surface area contributed by atoms with Gasteiger partial charge in [0.1, 0.15) is 5.82 Å². The molecule has 0 bridgehead atoms. The number of aliphatic hydroxyl groups is 1. The van der Waals surface area contributed by atoms with Crippen molar-refractivity contribution in [2.24, 2.45) is 0 Å². The molecule has 0 unspecified atom stereocenters. The SMILES string of the molecule is Nc1cc(CNc2nc(Cl)nc3c2CN(SCCO)CC3)cc(C(F)(F)F)c1. The van der Waals surface area contributed by atoms with Crippen molar-refractivity contribution in [1.29, 1.82) is 0 Å². The minimum absolute atomic E-state index is 0.0425. The van der Waals surface area contributed by atoms with Gasteiger partial charge in [-0.3, -0.25) is 0 Å². The predicted octanol–water partition coefficient (Wildman–Crippen LogP) is 3.34. The van der Waals surface area contributed by atoms with E-state index < -0.39 is 11.7 Å². The molecule has 1 aliphatic rings. The molecule has 2 heterocycles. The minimum Gasteiger partial charge on any atom is -0.399 e. The van der Waals surface area contributed by atoms with Crippen LogP contribution in [0.5, 0.6) is 0 Å². The number of nitrogens with zero attached hydrogens (tertiary/aromatic N) is 3. The Morgan fingerprint density at radius 2 is 2.07 bits per heavy atom. The molecule has 0 saturated carbocycles. The van der Waals surface area contributed by atoms with Crippen LogP contribution < -0.4 is 11.1 Å². The molecule has 6 nitrogen and oxygen atoms in total. The maximum atomic E-state index is 13.0. The second-order valence-electron chi connectivity index (χ2n) is 6.25. The molecule has 0 fully saturated rings. The number of nitrogen functional groups attached to an aromatic ring is 1. The van der Waals surface area contributed by atoms with Crippen LogP contribution in [-0.4, -0.2) is 38.3 Å². The fraction of sp³-hybridized carbons (Fsp3) is 0.412. The molecule has 28 heavy (non-hydrogen) atoms. The number of aliphatic hydroxyl groups excluding tert-OH is 1. The molecule has 1 aliphatic heterocycles. The number of hydrogen-bond donors (Lipinski definition) is 3. The van der Waals surface area contributed by atoms with Gasteiger partial charge in [0, 0.05) is 43.1 Å². The molecule has 3 rings (SSSR count). The summed E-state index contributed by atoms with van der Waals surface area (Å²) in [5, 5.41) is 12.2. The van der Waals surface area contributed by atoms with E-state index in [1.807, 2.05) is 0 Å². The normalized spacial score (nSPS) is 14.8. The standard InChI is InChI=1S/C17H19ClF3N5OS/c18-16-24-14-1-2-26(28-4-3-27)9-13(14)15(25-16)23-8-10-5-11(17(19,20)21)7-12(22)6-10/h5-7,27H,1-4,8-9,22H2,(H,23,24,25). The number of aromatic nitrogens is 2. The predicted molar refractivity (Wildman–Crippen MR) is 104 cm³/mol. The Balaban J connectivity index is 1.80. The fourth-order valence-electron chi connectivity index (χ4n) is 2.96. The van der Waals surface area contributed by atoms with E-state index in [4.69, 9.17) is 22.4 Å². The Morgan fingerprint density at radius 1 is 1.29 bits per heavy atom. The van der Waals surface area contributed by atoms with E-state index in [-0.39, 0.29) is 24.1 Å². The molecule has 11 heteroatoms. The van der Waals surface area contributed by atoms with Crippen molar-refractivity contribution < 1.29 is 18.3 Å². The zero-order valence-electron chi connectivity index (χ0n) is 14.8. The Bertz CT molecular complexity index is 852. The molecule has 1 aromatic heterocycles. The third kappa shape index (κ3) is 5.19. The first-order valence-corrected chi connectivity index (χ1v) is 9.83. The highest BCUT2D eigenvalue weighted by Gasteiger charge is 2.31. The lowest BCUT2D eigenvalue weighted by molar-refractivity contribution is -0.137. The Hall–Kier alpha value is -1.75. The number of halogens is 4. The van der Waals surface area contributed by atoms with E-state index in [2.05, 4.69) is 19.6 Å². The molecule has 2 aromatic rings. The molecule has 0 spiro atoms. The van der Waals surface area contributed by atoms with E-state index in [1.54, 1.807) is 0 Å². The van der Waals surface area contributed by atoms with Crippen LogP contribution in [0.1, 0.15) is 22.4 Å². The van der Waals surface area contributed by atoms with Crippen molar-refractivity contribution in [3.63, 3.8) is 0 Å². The Labute approximate surface area is 169 Å². The lowest BCUT2D eigenvalue weighted by atomic mass is 10.1. The summed E-state index contributed by atoms with van der Waals surface area (Å²) in [4.78, 5) is 8.48. The number of alkyl halides is 3. The van der Waals surface area contributed by atoms with Gasteiger partial charge >= 0.3 is 6.18 Å². The summed E-state index contributed by atoms with van der Waals surface area (Å²) >= 11 is 7.53. The van der Waals surface area contributed by atoms with Gasteiger partial charge in [0.05, 0.1) is 17.9 Å². The van der Waals surface area contributed by atoms with E-state index >= 15 is 0 Å². The third-order valence-corrected chi connectivity index (χ3v) is 5.38. The van der Waals surface area contributed by atoms with Crippen LogP contribution in [-0.2, 0) is 25.7 Å². The average Bonchev–Trinajstić information content (AvgIpc) is 2.63. The van der Waals surface area contributed by atoms with Gasteiger partial charge in [-0.2, -0.15) is 13.2 Å². The molecule has 152 valence electrons. The summed E-state index contributed by atoms with van der Waals surface area (Å²) in [5.41, 5.74) is 6.92. The monoisotopic (exact) mass is 433 g/mol. The Kier molecular flexibility index (Phi) is 6.54. The molecule has 1 aromatic carbocycles. The quantitative estimate of drug-likeness (QED) is 0.366. The van der Waals surface area contributed by atoms with Crippen molar-refractivity contribution in [3.8, 4) is 0 Å². The molecule has 0 aliphatic carbocycles. The van der Waals surface area contributed by atoms with Gasteiger partial charge in [-0.05, 0) is 35.4 Å². The second-order valence-corrected chi connectivity index (χ2v) is 7.77. The third-order valence-electron chi connectivity index (χ3n) is 4.17. The summed E-state index contributed by atoms with van der Waals surface area (Å²) in [6.07, 6.45) is -3.80. The number of hydrogen-bond acceptors (Lipinski definition) is 7.